The van der Waals surface area contributed by atoms with Crippen LogP contribution in [-0.2, 0) is 0 Å². The van der Waals surface area contributed by atoms with E-state index in [1.165, 1.54) is 12.1 Å². The lowest BCUT2D eigenvalue weighted by atomic mass is 9.79. The van der Waals surface area contributed by atoms with Crippen molar-refractivity contribution < 1.29 is 10.0 Å². The van der Waals surface area contributed by atoms with Crippen LogP contribution in [0.5, 0.6) is 0 Å². The molecule has 0 unspecified atom stereocenters. The SMILES string of the molecule is CC(=N)c1cc(B(O)O)ccc1N. The molecule has 0 bridgehead atoms. The Morgan fingerprint density at radius 2 is 2.08 bits per heavy atom. The van der Waals surface area contributed by atoms with Gasteiger partial charge in [0.15, 0.2) is 0 Å². The van der Waals surface area contributed by atoms with Crippen molar-refractivity contribution in [3.8, 4) is 0 Å². The monoisotopic (exact) mass is 178 g/mol. The number of nitrogens with two attached hydrogens (primary N) is 1. The van der Waals surface area contributed by atoms with E-state index in [1.54, 1.807) is 13.0 Å². The van der Waals surface area contributed by atoms with Crippen molar-refractivity contribution in [2.75, 3.05) is 5.73 Å². The molecule has 0 saturated carbocycles. The Hall–Kier alpha value is -1.33. The number of benzene rings is 1. The summed E-state index contributed by atoms with van der Waals surface area (Å²) in [5.74, 6) is 0. The number of nitrogens with one attached hydrogen (secondary N) is 1. The molecule has 1 aromatic rings. The third kappa shape index (κ3) is 2.08. The Labute approximate surface area is 76.7 Å². The molecular weight excluding hydrogens is 167 g/mol. The molecule has 0 aromatic heterocycles. The van der Waals surface area contributed by atoms with Crippen LogP contribution in [0, 0.1) is 5.41 Å². The Morgan fingerprint density at radius 3 is 2.54 bits per heavy atom. The van der Waals surface area contributed by atoms with Gasteiger partial charge in [-0.25, -0.2) is 0 Å². The van der Waals surface area contributed by atoms with Crippen LogP contribution in [0.3, 0.4) is 0 Å². The highest BCUT2D eigenvalue weighted by atomic mass is 16.4. The summed E-state index contributed by atoms with van der Waals surface area (Å²) in [6.45, 7) is 1.60. The van der Waals surface area contributed by atoms with Crippen molar-refractivity contribution in [2.24, 2.45) is 0 Å². The summed E-state index contributed by atoms with van der Waals surface area (Å²) in [5.41, 5.74) is 7.24. The van der Waals surface area contributed by atoms with Crippen molar-refractivity contribution in [2.45, 2.75) is 6.92 Å². The van der Waals surface area contributed by atoms with Gasteiger partial charge < -0.3 is 21.2 Å². The van der Waals surface area contributed by atoms with E-state index in [0.29, 0.717) is 22.4 Å². The molecule has 0 atom stereocenters. The average molecular weight is 178 g/mol. The van der Waals surface area contributed by atoms with Gasteiger partial charge >= 0.3 is 7.12 Å². The van der Waals surface area contributed by atoms with Crippen LogP contribution in [0.4, 0.5) is 5.69 Å². The van der Waals surface area contributed by atoms with Gasteiger partial charge in [-0.1, -0.05) is 12.1 Å². The molecule has 0 radical (unpaired) electrons. The Kier molecular flexibility index (Phi) is 2.70. The molecule has 68 valence electrons. The second-order valence-electron chi connectivity index (χ2n) is 2.85. The number of rotatable bonds is 2. The molecular formula is C8H11BN2O2. The van der Waals surface area contributed by atoms with Crippen molar-refractivity contribution in [3.05, 3.63) is 23.8 Å². The first-order valence-corrected chi connectivity index (χ1v) is 3.83. The van der Waals surface area contributed by atoms with Crippen molar-refractivity contribution in [1.29, 1.82) is 5.41 Å². The number of anilines is 1. The van der Waals surface area contributed by atoms with Gasteiger partial charge in [0.2, 0.25) is 0 Å². The molecule has 0 aliphatic rings. The Balaban J connectivity index is 3.19. The fourth-order valence-electron chi connectivity index (χ4n) is 1.06. The van der Waals surface area contributed by atoms with Crippen molar-refractivity contribution >= 4 is 24.0 Å². The number of hydrogen-bond donors (Lipinski definition) is 4. The average Bonchev–Trinajstić information content (AvgIpc) is 2.04. The molecule has 0 fully saturated rings. The van der Waals surface area contributed by atoms with Gasteiger partial charge in [-0.15, -0.1) is 0 Å². The minimum absolute atomic E-state index is 0.306. The van der Waals surface area contributed by atoms with Gasteiger partial charge in [0, 0.05) is 17.0 Å². The normalized spacial score (nSPS) is 9.77. The van der Waals surface area contributed by atoms with Gasteiger partial charge in [0.05, 0.1) is 0 Å². The second-order valence-corrected chi connectivity index (χ2v) is 2.85. The van der Waals surface area contributed by atoms with E-state index in [9.17, 15) is 0 Å². The minimum Gasteiger partial charge on any atom is -0.423 e. The maximum atomic E-state index is 8.87. The van der Waals surface area contributed by atoms with Crippen LogP contribution in [0.15, 0.2) is 18.2 Å². The molecule has 0 aliphatic heterocycles. The summed E-state index contributed by atoms with van der Waals surface area (Å²) in [5, 5.41) is 25.1. The number of nitrogen functional groups attached to an aromatic ring is 1. The van der Waals surface area contributed by atoms with E-state index < -0.39 is 7.12 Å². The van der Waals surface area contributed by atoms with Crippen LogP contribution in [0.25, 0.3) is 0 Å². The summed E-state index contributed by atoms with van der Waals surface area (Å²) in [4.78, 5) is 0. The zero-order chi connectivity index (χ0) is 10.0. The lowest BCUT2D eigenvalue weighted by Gasteiger charge is -2.06. The van der Waals surface area contributed by atoms with Gasteiger partial charge in [-0.05, 0) is 18.5 Å². The molecule has 1 aromatic carbocycles. The maximum Gasteiger partial charge on any atom is 0.488 e. The summed E-state index contributed by atoms with van der Waals surface area (Å²) >= 11 is 0. The van der Waals surface area contributed by atoms with Crippen molar-refractivity contribution in [1.82, 2.24) is 0 Å². The molecule has 0 heterocycles. The highest BCUT2D eigenvalue weighted by Crippen LogP contribution is 2.09. The summed E-state index contributed by atoms with van der Waals surface area (Å²) in [6, 6.07) is 4.58. The van der Waals surface area contributed by atoms with Gasteiger partial charge in [-0.3, -0.25) is 0 Å². The summed E-state index contributed by atoms with van der Waals surface area (Å²) in [7, 11) is -1.52. The Bertz CT molecular complexity index is 339. The van der Waals surface area contributed by atoms with Gasteiger partial charge in [0.25, 0.3) is 0 Å². The molecule has 1 rings (SSSR count). The molecule has 0 saturated heterocycles. The maximum absolute atomic E-state index is 8.87. The predicted molar refractivity (Wildman–Crippen MR) is 53.2 cm³/mol. The first kappa shape index (κ1) is 9.76. The molecule has 13 heavy (non-hydrogen) atoms. The van der Waals surface area contributed by atoms with E-state index in [0.717, 1.165) is 0 Å². The summed E-state index contributed by atoms with van der Waals surface area (Å²) in [6.07, 6.45) is 0. The molecule has 4 nitrogen and oxygen atoms in total. The van der Waals surface area contributed by atoms with E-state index >= 15 is 0 Å². The highest BCUT2D eigenvalue weighted by molar-refractivity contribution is 6.58. The van der Waals surface area contributed by atoms with Crippen LogP contribution in [0.1, 0.15) is 12.5 Å². The quantitative estimate of drug-likeness (QED) is 0.275. The first-order valence-electron chi connectivity index (χ1n) is 3.83. The van der Waals surface area contributed by atoms with Gasteiger partial charge in [0.1, 0.15) is 0 Å². The van der Waals surface area contributed by atoms with Crippen LogP contribution in [0.2, 0.25) is 0 Å². The second kappa shape index (κ2) is 3.59. The van der Waals surface area contributed by atoms with E-state index in [2.05, 4.69) is 0 Å². The zero-order valence-corrected chi connectivity index (χ0v) is 7.28. The molecule has 0 aliphatic carbocycles. The van der Waals surface area contributed by atoms with Crippen LogP contribution in [-0.4, -0.2) is 22.9 Å². The largest absolute Gasteiger partial charge is 0.488 e. The van der Waals surface area contributed by atoms with Crippen LogP contribution < -0.4 is 11.2 Å². The van der Waals surface area contributed by atoms with Crippen molar-refractivity contribution in [3.63, 3.8) is 0 Å². The third-order valence-electron chi connectivity index (χ3n) is 1.78. The minimum atomic E-state index is -1.52. The van der Waals surface area contributed by atoms with E-state index in [1.807, 2.05) is 0 Å². The zero-order valence-electron chi connectivity index (χ0n) is 7.28. The predicted octanol–water partition coefficient (Wildman–Crippen LogP) is -0.664. The summed E-state index contributed by atoms with van der Waals surface area (Å²) < 4.78 is 0. The highest BCUT2D eigenvalue weighted by Gasteiger charge is 2.12. The fourth-order valence-corrected chi connectivity index (χ4v) is 1.06. The lowest BCUT2D eigenvalue weighted by Crippen LogP contribution is -2.30. The molecule has 5 heteroatoms. The fraction of sp³-hybridized carbons (Fsp3) is 0.125. The lowest BCUT2D eigenvalue weighted by molar-refractivity contribution is 0.426. The van der Waals surface area contributed by atoms with E-state index in [4.69, 9.17) is 21.2 Å². The van der Waals surface area contributed by atoms with Gasteiger partial charge in [-0.2, -0.15) is 0 Å². The van der Waals surface area contributed by atoms with Crippen LogP contribution >= 0.6 is 0 Å². The number of hydrogen-bond acceptors (Lipinski definition) is 4. The standard InChI is InChI=1S/C8H11BN2O2/c1-5(10)7-4-6(9(12)13)2-3-8(7)11/h2-4,10,12-13H,11H2,1H3. The smallest absolute Gasteiger partial charge is 0.423 e. The molecule has 5 N–H and O–H groups in total. The van der Waals surface area contributed by atoms with E-state index in [-0.39, 0.29) is 0 Å². The third-order valence-corrected chi connectivity index (χ3v) is 1.78. The first-order chi connectivity index (χ1) is 6.02. The topological polar surface area (TPSA) is 90.3 Å². The molecule has 0 spiro atoms. The molecule has 0 amide bonds. The Morgan fingerprint density at radius 1 is 1.46 bits per heavy atom.